The standard InChI is InChI=1S/C15H24FN3O2/c1-4-7-21-14-9-13(12(17)8-11(14)16)18-6-5-15(20)19-10(2)3/h8-10,18H,4-7,17H2,1-3H3,(H,19,20). The quantitative estimate of drug-likeness (QED) is 0.644. The number of amides is 1. The zero-order valence-corrected chi connectivity index (χ0v) is 12.8. The van der Waals surface area contributed by atoms with E-state index in [4.69, 9.17) is 10.5 Å². The second-order valence-corrected chi connectivity index (χ2v) is 5.12. The van der Waals surface area contributed by atoms with Crippen LogP contribution in [0.2, 0.25) is 0 Å². The average molecular weight is 297 g/mol. The highest BCUT2D eigenvalue weighted by Crippen LogP contribution is 2.28. The van der Waals surface area contributed by atoms with Crippen LogP contribution in [-0.4, -0.2) is 25.1 Å². The van der Waals surface area contributed by atoms with E-state index >= 15 is 0 Å². The lowest BCUT2D eigenvalue weighted by atomic mass is 10.2. The van der Waals surface area contributed by atoms with E-state index in [1.807, 2.05) is 20.8 Å². The summed E-state index contributed by atoms with van der Waals surface area (Å²) in [6, 6.07) is 2.87. The van der Waals surface area contributed by atoms with Gasteiger partial charge < -0.3 is 21.1 Å². The third-order valence-electron chi connectivity index (χ3n) is 2.68. The number of nitrogens with two attached hydrogens (primary N) is 1. The van der Waals surface area contributed by atoms with E-state index < -0.39 is 5.82 Å². The molecule has 1 aromatic rings. The largest absolute Gasteiger partial charge is 0.490 e. The first-order valence-corrected chi connectivity index (χ1v) is 7.19. The van der Waals surface area contributed by atoms with Crippen molar-refractivity contribution < 1.29 is 13.9 Å². The molecule has 5 nitrogen and oxygen atoms in total. The van der Waals surface area contributed by atoms with Gasteiger partial charge in [0, 0.05) is 31.1 Å². The van der Waals surface area contributed by atoms with Crippen LogP contribution in [0.4, 0.5) is 15.8 Å². The summed E-state index contributed by atoms with van der Waals surface area (Å²) < 4.78 is 19.0. The molecule has 1 amide bonds. The van der Waals surface area contributed by atoms with Crippen molar-refractivity contribution in [3.05, 3.63) is 17.9 Å². The van der Waals surface area contributed by atoms with Crippen molar-refractivity contribution in [2.24, 2.45) is 0 Å². The van der Waals surface area contributed by atoms with Gasteiger partial charge in [0.05, 0.1) is 18.0 Å². The van der Waals surface area contributed by atoms with Gasteiger partial charge >= 0.3 is 0 Å². The SMILES string of the molecule is CCCOc1cc(NCCC(=O)NC(C)C)c(N)cc1F. The summed E-state index contributed by atoms with van der Waals surface area (Å²) in [6.45, 7) is 6.61. The Kier molecular flexibility index (Phi) is 6.78. The molecule has 0 bridgehead atoms. The Labute approximate surface area is 125 Å². The third-order valence-corrected chi connectivity index (χ3v) is 2.68. The number of anilines is 2. The van der Waals surface area contributed by atoms with Crippen LogP contribution in [0.3, 0.4) is 0 Å². The lowest BCUT2D eigenvalue weighted by Gasteiger charge is -2.13. The minimum atomic E-state index is -0.482. The molecule has 0 heterocycles. The molecule has 0 aliphatic carbocycles. The minimum Gasteiger partial charge on any atom is -0.490 e. The molecule has 0 aliphatic heterocycles. The second kappa shape index (κ2) is 8.34. The summed E-state index contributed by atoms with van der Waals surface area (Å²) >= 11 is 0. The molecule has 0 saturated carbocycles. The summed E-state index contributed by atoms with van der Waals surface area (Å²) in [6.07, 6.45) is 1.11. The molecule has 0 saturated heterocycles. The number of hydrogen-bond donors (Lipinski definition) is 3. The number of benzene rings is 1. The van der Waals surface area contributed by atoms with Crippen molar-refractivity contribution in [1.29, 1.82) is 0 Å². The maximum atomic E-state index is 13.7. The van der Waals surface area contributed by atoms with Gasteiger partial charge in [-0.1, -0.05) is 6.92 Å². The van der Waals surface area contributed by atoms with Crippen molar-refractivity contribution >= 4 is 17.3 Å². The first-order valence-electron chi connectivity index (χ1n) is 7.19. The van der Waals surface area contributed by atoms with Crippen LogP contribution in [0.25, 0.3) is 0 Å². The number of halogens is 1. The Morgan fingerprint density at radius 2 is 2.14 bits per heavy atom. The third kappa shape index (κ3) is 5.89. The number of nitrogen functional groups attached to an aromatic ring is 1. The van der Waals surface area contributed by atoms with Crippen LogP contribution in [0.1, 0.15) is 33.6 Å². The monoisotopic (exact) mass is 297 g/mol. The molecule has 118 valence electrons. The van der Waals surface area contributed by atoms with Crippen molar-refractivity contribution in [3.63, 3.8) is 0 Å². The summed E-state index contributed by atoms with van der Waals surface area (Å²) in [5.41, 5.74) is 6.62. The number of hydrogen-bond acceptors (Lipinski definition) is 4. The van der Waals surface area contributed by atoms with Gasteiger partial charge in [0.2, 0.25) is 5.91 Å². The van der Waals surface area contributed by atoms with Gasteiger partial charge in [-0.05, 0) is 20.3 Å². The predicted molar refractivity (Wildman–Crippen MR) is 83.0 cm³/mol. The zero-order valence-electron chi connectivity index (χ0n) is 12.8. The van der Waals surface area contributed by atoms with Crippen molar-refractivity contribution in [2.45, 2.75) is 39.7 Å². The van der Waals surface area contributed by atoms with Crippen LogP contribution < -0.4 is 21.1 Å². The van der Waals surface area contributed by atoms with Gasteiger partial charge in [-0.15, -0.1) is 0 Å². The van der Waals surface area contributed by atoms with Gasteiger partial charge in [0.15, 0.2) is 11.6 Å². The Hall–Kier alpha value is -1.98. The summed E-state index contributed by atoms with van der Waals surface area (Å²) in [5.74, 6) is -0.357. The summed E-state index contributed by atoms with van der Waals surface area (Å²) in [5, 5.41) is 5.83. The first kappa shape index (κ1) is 17.1. The molecule has 0 radical (unpaired) electrons. The van der Waals surface area contributed by atoms with Crippen molar-refractivity contribution in [1.82, 2.24) is 5.32 Å². The normalized spacial score (nSPS) is 10.5. The van der Waals surface area contributed by atoms with Gasteiger partial charge in [-0.3, -0.25) is 4.79 Å². The van der Waals surface area contributed by atoms with E-state index in [2.05, 4.69) is 10.6 Å². The fraction of sp³-hybridized carbons (Fsp3) is 0.533. The molecule has 0 unspecified atom stereocenters. The number of carbonyl (C=O) groups is 1. The van der Waals surface area contributed by atoms with E-state index in [1.54, 1.807) is 0 Å². The second-order valence-electron chi connectivity index (χ2n) is 5.12. The molecule has 0 fully saturated rings. The molecule has 0 spiro atoms. The lowest BCUT2D eigenvalue weighted by molar-refractivity contribution is -0.121. The smallest absolute Gasteiger partial charge is 0.221 e. The number of ether oxygens (including phenoxy) is 1. The Balaban J connectivity index is 2.59. The summed E-state index contributed by atoms with van der Waals surface area (Å²) in [7, 11) is 0. The van der Waals surface area contributed by atoms with E-state index in [0.29, 0.717) is 30.9 Å². The molecule has 4 N–H and O–H groups in total. The highest BCUT2D eigenvalue weighted by atomic mass is 19.1. The van der Waals surface area contributed by atoms with Crippen LogP contribution in [-0.2, 0) is 4.79 Å². The minimum absolute atomic E-state index is 0.0411. The number of carbonyl (C=O) groups excluding carboxylic acids is 1. The zero-order chi connectivity index (χ0) is 15.8. The Bertz CT molecular complexity index is 478. The molecular weight excluding hydrogens is 273 g/mol. The highest BCUT2D eigenvalue weighted by Gasteiger charge is 2.10. The highest BCUT2D eigenvalue weighted by molar-refractivity contribution is 5.77. The molecule has 0 atom stereocenters. The van der Waals surface area contributed by atoms with Crippen LogP contribution >= 0.6 is 0 Å². The van der Waals surface area contributed by atoms with Gasteiger partial charge in [-0.2, -0.15) is 0 Å². The van der Waals surface area contributed by atoms with E-state index in [9.17, 15) is 9.18 Å². The van der Waals surface area contributed by atoms with Gasteiger partial charge in [-0.25, -0.2) is 4.39 Å². The number of nitrogens with one attached hydrogen (secondary N) is 2. The van der Waals surface area contributed by atoms with Crippen LogP contribution in [0.15, 0.2) is 12.1 Å². The molecule has 1 aromatic carbocycles. The predicted octanol–water partition coefficient (Wildman–Crippen LogP) is 2.52. The van der Waals surface area contributed by atoms with E-state index in [0.717, 1.165) is 6.42 Å². The number of rotatable bonds is 8. The van der Waals surface area contributed by atoms with E-state index in [-0.39, 0.29) is 17.7 Å². The average Bonchev–Trinajstić information content (AvgIpc) is 2.39. The van der Waals surface area contributed by atoms with Gasteiger partial charge in [0.1, 0.15) is 0 Å². The molecule has 1 rings (SSSR count). The Morgan fingerprint density at radius 1 is 1.43 bits per heavy atom. The molecule has 0 aromatic heterocycles. The van der Waals surface area contributed by atoms with Crippen molar-refractivity contribution in [3.8, 4) is 5.75 Å². The maximum Gasteiger partial charge on any atom is 0.221 e. The van der Waals surface area contributed by atoms with Crippen molar-refractivity contribution in [2.75, 3.05) is 24.2 Å². The lowest BCUT2D eigenvalue weighted by Crippen LogP contribution is -2.31. The first-order chi connectivity index (χ1) is 9.93. The Morgan fingerprint density at radius 3 is 2.76 bits per heavy atom. The fourth-order valence-corrected chi connectivity index (χ4v) is 1.75. The molecule has 6 heteroatoms. The maximum absolute atomic E-state index is 13.7. The fourth-order valence-electron chi connectivity index (χ4n) is 1.75. The molecule has 0 aliphatic rings. The topological polar surface area (TPSA) is 76.4 Å². The van der Waals surface area contributed by atoms with Crippen LogP contribution in [0, 0.1) is 5.82 Å². The van der Waals surface area contributed by atoms with Gasteiger partial charge in [0.25, 0.3) is 0 Å². The molecular formula is C15H24FN3O2. The molecule has 21 heavy (non-hydrogen) atoms. The summed E-state index contributed by atoms with van der Waals surface area (Å²) in [4.78, 5) is 11.5. The van der Waals surface area contributed by atoms with Crippen LogP contribution in [0.5, 0.6) is 5.75 Å². The van der Waals surface area contributed by atoms with E-state index in [1.165, 1.54) is 12.1 Å².